The van der Waals surface area contributed by atoms with Crippen molar-refractivity contribution in [2.45, 2.75) is 42.7 Å². The third-order valence-corrected chi connectivity index (χ3v) is 9.13. The van der Waals surface area contributed by atoms with Gasteiger partial charge in [-0.3, -0.25) is 14.4 Å². The van der Waals surface area contributed by atoms with Gasteiger partial charge in [-0.05, 0) is 37.8 Å². The van der Waals surface area contributed by atoms with E-state index in [0.29, 0.717) is 26.0 Å². The Labute approximate surface area is 203 Å². The van der Waals surface area contributed by atoms with Crippen molar-refractivity contribution in [2.24, 2.45) is 11.8 Å². The number of para-hydroxylation sites is 1. The van der Waals surface area contributed by atoms with E-state index in [1.54, 1.807) is 9.80 Å². The summed E-state index contributed by atoms with van der Waals surface area (Å²) in [5, 5.41) is 9.27. The summed E-state index contributed by atoms with van der Waals surface area (Å²) in [5.41, 5.74) is 2.85. The smallest absolute Gasteiger partial charge is 0.311 e. The van der Waals surface area contributed by atoms with Crippen LogP contribution < -0.4 is 4.90 Å². The van der Waals surface area contributed by atoms with E-state index in [9.17, 15) is 19.5 Å². The molecule has 4 aliphatic rings. The van der Waals surface area contributed by atoms with Crippen molar-refractivity contribution in [3.63, 3.8) is 0 Å². The van der Waals surface area contributed by atoms with Gasteiger partial charge < -0.3 is 19.6 Å². The van der Waals surface area contributed by atoms with Gasteiger partial charge in [0, 0.05) is 30.6 Å². The second-order valence-corrected chi connectivity index (χ2v) is 10.9. The highest BCUT2D eigenvalue weighted by Crippen LogP contribution is 2.61. The normalized spacial score (nSPS) is 32.6. The number of rotatable bonds is 4. The standard InChI is InChI=1S/C26H30N2O5S/c1-16-8-5-9-17(2)21(16)27-12-6-11-26-20(19-18(34-26)10-3-4-15-33-25(19)32)23(30)28(13-7-14-29)22(26)24(27)31/h3,5-6,8-11,18-20,22,29H,4,7,12-15H2,1-2H3/t18-,19+,20-,22?,26-/m0/s1. The van der Waals surface area contributed by atoms with Crippen molar-refractivity contribution in [3.05, 3.63) is 53.6 Å². The molecule has 8 heteroatoms. The molecule has 4 aliphatic heterocycles. The molecule has 2 saturated heterocycles. The van der Waals surface area contributed by atoms with E-state index in [-0.39, 0.29) is 36.2 Å². The van der Waals surface area contributed by atoms with Crippen molar-refractivity contribution in [3.8, 4) is 0 Å². The fourth-order valence-electron chi connectivity index (χ4n) is 6.02. The van der Waals surface area contributed by atoms with E-state index < -0.39 is 22.6 Å². The number of fused-ring (bicyclic) bond motifs is 2. The zero-order valence-corrected chi connectivity index (χ0v) is 20.3. The number of cyclic esters (lactones) is 1. The van der Waals surface area contributed by atoms with Gasteiger partial charge in [-0.25, -0.2) is 0 Å². The molecule has 5 atom stereocenters. The molecule has 4 heterocycles. The molecule has 180 valence electrons. The number of anilines is 1. The van der Waals surface area contributed by atoms with E-state index in [2.05, 4.69) is 0 Å². The molecule has 2 fully saturated rings. The molecule has 2 amide bonds. The van der Waals surface area contributed by atoms with Crippen LogP contribution >= 0.6 is 11.8 Å². The first-order valence-electron chi connectivity index (χ1n) is 11.9. The number of ether oxygens (including phenoxy) is 1. The van der Waals surface area contributed by atoms with Crippen LogP contribution in [0.3, 0.4) is 0 Å². The number of likely N-dealkylation sites (tertiary alicyclic amines) is 1. The lowest BCUT2D eigenvalue weighted by molar-refractivity contribution is -0.153. The molecule has 0 radical (unpaired) electrons. The fourth-order valence-corrected chi connectivity index (χ4v) is 8.02. The van der Waals surface area contributed by atoms with Crippen LogP contribution in [-0.4, -0.2) is 70.1 Å². The van der Waals surface area contributed by atoms with Gasteiger partial charge in [0.1, 0.15) is 6.04 Å². The number of carbonyl (C=O) groups excluding carboxylic acids is 3. The van der Waals surface area contributed by atoms with E-state index >= 15 is 0 Å². The molecule has 7 nitrogen and oxygen atoms in total. The third kappa shape index (κ3) is 3.41. The first kappa shape index (κ1) is 23.2. The van der Waals surface area contributed by atoms with Crippen LogP contribution in [0.25, 0.3) is 0 Å². The molecular formula is C26H30N2O5S. The summed E-state index contributed by atoms with van der Waals surface area (Å²) in [7, 11) is 0. The van der Waals surface area contributed by atoms with E-state index in [1.807, 2.05) is 56.4 Å². The Hall–Kier alpha value is -2.58. The minimum absolute atomic E-state index is 0.0806. The highest BCUT2D eigenvalue weighted by Gasteiger charge is 2.71. The first-order chi connectivity index (χ1) is 16.4. The van der Waals surface area contributed by atoms with Gasteiger partial charge in [0.2, 0.25) is 5.91 Å². The topological polar surface area (TPSA) is 87.2 Å². The number of amides is 2. The minimum atomic E-state index is -0.863. The van der Waals surface area contributed by atoms with E-state index in [4.69, 9.17) is 4.74 Å². The average molecular weight is 483 g/mol. The lowest BCUT2D eigenvalue weighted by atomic mass is 9.78. The van der Waals surface area contributed by atoms with Crippen LogP contribution in [0.1, 0.15) is 24.0 Å². The van der Waals surface area contributed by atoms with Crippen LogP contribution in [0.4, 0.5) is 5.69 Å². The molecule has 1 N–H and O–H groups in total. The Morgan fingerprint density at radius 1 is 1.15 bits per heavy atom. The number of hydrogen-bond acceptors (Lipinski definition) is 6. The summed E-state index contributed by atoms with van der Waals surface area (Å²) in [5.74, 6) is -2.03. The summed E-state index contributed by atoms with van der Waals surface area (Å²) in [6.07, 6.45) is 9.00. The molecular weight excluding hydrogens is 452 g/mol. The van der Waals surface area contributed by atoms with Gasteiger partial charge in [0.15, 0.2) is 0 Å². The first-order valence-corrected chi connectivity index (χ1v) is 12.8. The minimum Gasteiger partial charge on any atom is -0.465 e. The van der Waals surface area contributed by atoms with E-state index in [1.165, 1.54) is 11.8 Å². The number of aliphatic hydroxyl groups excluding tert-OH is 1. The summed E-state index contributed by atoms with van der Waals surface area (Å²) < 4.78 is 4.63. The summed E-state index contributed by atoms with van der Waals surface area (Å²) in [6.45, 7) is 4.85. The van der Waals surface area contributed by atoms with Crippen molar-refractivity contribution < 1.29 is 24.2 Å². The largest absolute Gasteiger partial charge is 0.465 e. The Balaban J connectivity index is 1.63. The lowest BCUT2D eigenvalue weighted by Crippen LogP contribution is -2.53. The van der Waals surface area contributed by atoms with Gasteiger partial charge in [-0.2, -0.15) is 0 Å². The Morgan fingerprint density at radius 3 is 2.65 bits per heavy atom. The monoisotopic (exact) mass is 482 g/mol. The van der Waals surface area contributed by atoms with Gasteiger partial charge in [0.05, 0.1) is 23.2 Å². The maximum absolute atomic E-state index is 14.3. The quantitative estimate of drug-likeness (QED) is 0.524. The number of nitrogens with zero attached hydrogens (tertiary/aromatic N) is 2. The van der Waals surface area contributed by atoms with Crippen LogP contribution in [-0.2, 0) is 19.1 Å². The molecule has 0 aliphatic carbocycles. The number of hydrogen-bond donors (Lipinski definition) is 1. The highest BCUT2D eigenvalue weighted by molar-refractivity contribution is 8.02. The second kappa shape index (κ2) is 8.89. The number of aliphatic hydroxyl groups is 1. The maximum atomic E-state index is 14.3. The molecule has 0 saturated carbocycles. The van der Waals surface area contributed by atoms with Gasteiger partial charge >= 0.3 is 5.97 Å². The predicted octanol–water partition coefficient (Wildman–Crippen LogP) is 2.39. The van der Waals surface area contributed by atoms with Crippen molar-refractivity contribution in [1.82, 2.24) is 4.90 Å². The molecule has 1 aromatic rings. The molecule has 0 aromatic heterocycles. The van der Waals surface area contributed by atoms with Crippen LogP contribution in [0.5, 0.6) is 0 Å². The van der Waals surface area contributed by atoms with Crippen LogP contribution in [0, 0.1) is 25.7 Å². The molecule has 34 heavy (non-hydrogen) atoms. The molecule has 1 aromatic carbocycles. The number of benzene rings is 1. The van der Waals surface area contributed by atoms with Crippen molar-refractivity contribution in [2.75, 3.05) is 31.2 Å². The average Bonchev–Trinajstić information content (AvgIpc) is 3.17. The number of thioether (sulfide) groups is 1. The molecule has 1 spiro atoms. The zero-order valence-electron chi connectivity index (χ0n) is 19.5. The maximum Gasteiger partial charge on any atom is 0.311 e. The second-order valence-electron chi connectivity index (χ2n) is 9.43. The third-order valence-electron chi connectivity index (χ3n) is 7.39. The highest BCUT2D eigenvalue weighted by atomic mass is 32.2. The Morgan fingerprint density at radius 2 is 1.91 bits per heavy atom. The lowest BCUT2D eigenvalue weighted by Gasteiger charge is -2.36. The predicted molar refractivity (Wildman–Crippen MR) is 130 cm³/mol. The summed E-state index contributed by atoms with van der Waals surface area (Å²) in [4.78, 5) is 44.6. The van der Waals surface area contributed by atoms with Gasteiger partial charge in [-0.15, -0.1) is 11.8 Å². The number of esters is 1. The Bertz CT molecular complexity index is 1060. The molecule has 1 unspecified atom stereocenters. The van der Waals surface area contributed by atoms with Gasteiger partial charge in [0.25, 0.3) is 5.91 Å². The molecule has 5 rings (SSSR count). The van der Waals surface area contributed by atoms with Gasteiger partial charge in [-0.1, -0.05) is 42.5 Å². The summed E-state index contributed by atoms with van der Waals surface area (Å²) in [6, 6.07) is 5.18. The fraction of sp³-hybridized carbons (Fsp3) is 0.500. The van der Waals surface area contributed by atoms with Crippen LogP contribution in [0.15, 0.2) is 42.5 Å². The summed E-state index contributed by atoms with van der Waals surface area (Å²) >= 11 is 1.54. The Kier molecular flexibility index (Phi) is 6.06. The zero-order chi connectivity index (χ0) is 24.0. The van der Waals surface area contributed by atoms with Crippen molar-refractivity contribution >= 4 is 35.2 Å². The molecule has 0 bridgehead atoms. The SMILES string of the molecule is Cc1cccc(C)c1N1CC=C[C@]23S[C@H]4C=CCCOC(=O)[C@H]4[C@H]2C(=O)N(CCCO)C3C1=O. The van der Waals surface area contributed by atoms with Crippen molar-refractivity contribution in [1.29, 1.82) is 0 Å². The van der Waals surface area contributed by atoms with Crippen LogP contribution in [0.2, 0.25) is 0 Å². The number of carbonyl (C=O) groups is 3. The van der Waals surface area contributed by atoms with E-state index in [0.717, 1.165) is 16.8 Å². The number of aryl methyl sites for hydroxylation is 2.